The van der Waals surface area contributed by atoms with E-state index in [9.17, 15) is 0 Å². The van der Waals surface area contributed by atoms with Crippen molar-refractivity contribution in [2.75, 3.05) is 0 Å². The van der Waals surface area contributed by atoms with Gasteiger partial charge in [0.15, 0.2) is 0 Å². The molecule has 0 bridgehead atoms. The van der Waals surface area contributed by atoms with Crippen molar-refractivity contribution < 1.29 is 0 Å². The van der Waals surface area contributed by atoms with Crippen LogP contribution in [0.15, 0.2) is 24.3 Å². The maximum absolute atomic E-state index is 3.81. The van der Waals surface area contributed by atoms with Gasteiger partial charge in [-0.2, -0.15) is 0 Å². The van der Waals surface area contributed by atoms with Crippen molar-refractivity contribution in [1.82, 2.24) is 5.32 Å². The Morgan fingerprint density at radius 3 is 1.62 bits per heavy atom. The van der Waals surface area contributed by atoms with Gasteiger partial charge in [0.25, 0.3) is 0 Å². The lowest BCUT2D eigenvalue weighted by molar-refractivity contribution is 0.225. The van der Waals surface area contributed by atoms with Gasteiger partial charge in [0, 0.05) is 11.1 Å². The van der Waals surface area contributed by atoms with Gasteiger partial charge in [0.05, 0.1) is 0 Å². The second-order valence-electron chi connectivity index (χ2n) is 9.41. The first-order valence-corrected chi connectivity index (χ1v) is 8.28. The Labute approximate surface area is 131 Å². The standard InChI is InChI=1S/C20H33N/c1-17(2,3)19(7,8)15-9-11-16(12-10-15)20(13-14-20)21-18(4,5)6/h9-12,21H,13-14H2,1-8H3. The highest BCUT2D eigenvalue weighted by atomic mass is 15.1. The molecule has 1 N–H and O–H groups in total. The van der Waals surface area contributed by atoms with Gasteiger partial charge in [-0.05, 0) is 55.6 Å². The van der Waals surface area contributed by atoms with Gasteiger partial charge in [-0.15, -0.1) is 0 Å². The predicted molar refractivity (Wildman–Crippen MR) is 92.7 cm³/mol. The third-order valence-corrected chi connectivity index (χ3v) is 5.40. The molecule has 0 radical (unpaired) electrons. The molecule has 118 valence electrons. The maximum Gasteiger partial charge on any atom is 0.0440 e. The fourth-order valence-electron chi connectivity index (χ4n) is 2.97. The van der Waals surface area contributed by atoms with E-state index in [1.807, 2.05) is 0 Å². The zero-order chi connectivity index (χ0) is 16.1. The van der Waals surface area contributed by atoms with Crippen molar-refractivity contribution in [2.45, 2.75) is 84.7 Å². The third kappa shape index (κ3) is 3.34. The fraction of sp³-hybridized carbons (Fsp3) is 0.700. The molecule has 1 aliphatic carbocycles. The largest absolute Gasteiger partial charge is 0.303 e. The second-order valence-corrected chi connectivity index (χ2v) is 9.41. The summed E-state index contributed by atoms with van der Waals surface area (Å²) in [5.41, 5.74) is 3.72. The first kappa shape index (κ1) is 16.5. The van der Waals surface area contributed by atoms with Crippen molar-refractivity contribution >= 4 is 0 Å². The van der Waals surface area contributed by atoms with Gasteiger partial charge in [-0.3, -0.25) is 0 Å². The minimum absolute atomic E-state index is 0.167. The minimum Gasteiger partial charge on any atom is -0.303 e. The van der Waals surface area contributed by atoms with E-state index in [0.717, 1.165) is 0 Å². The molecule has 1 heteroatoms. The fourth-order valence-corrected chi connectivity index (χ4v) is 2.97. The first-order valence-electron chi connectivity index (χ1n) is 8.28. The molecule has 1 aliphatic rings. The van der Waals surface area contributed by atoms with Crippen LogP contribution in [-0.4, -0.2) is 5.54 Å². The molecular weight excluding hydrogens is 254 g/mol. The molecule has 2 rings (SSSR count). The summed E-state index contributed by atoms with van der Waals surface area (Å²) >= 11 is 0. The Morgan fingerprint density at radius 2 is 1.29 bits per heavy atom. The van der Waals surface area contributed by atoms with E-state index < -0.39 is 0 Å². The Bertz CT molecular complexity index is 490. The van der Waals surface area contributed by atoms with E-state index in [-0.39, 0.29) is 21.9 Å². The van der Waals surface area contributed by atoms with E-state index in [1.54, 1.807) is 0 Å². The third-order valence-electron chi connectivity index (χ3n) is 5.40. The highest BCUT2D eigenvalue weighted by Gasteiger charge is 2.46. The molecule has 1 fully saturated rings. The average molecular weight is 287 g/mol. The Balaban J connectivity index is 2.25. The lowest BCUT2D eigenvalue weighted by Gasteiger charge is -2.39. The van der Waals surface area contributed by atoms with Crippen LogP contribution >= 0.6 is 0 Å². The quantitative estimate of drug-likeness (QED) is 0.786. The van der Waals surface area contributed by atoms with Crippen LogP contribution in [0.2, 0.25) is 0 Å². The summed E-state index contributed by atoms with van der Waals surface area (Å²) in [6.07, 6.45) is 2.51. The van der Waals surface area contributed by atoms with Crippen LogP contribution in [0, 0.1) is 5.41 Å². The highest BCUT2D eigenvalue weighted by molar-refractivity contribution is 5.36. The summed E-state index contributed by atoms with van der Waals surface area (Å²) in [6.45, 7) is 18.4. The number of benzene rings is 1. The Morgan fingerprint density at radius 1 is 0.810 bits per heavy atom. The van der Waals surface area contributed by atoms with E-state index >= 15 is 0 Å². The molecule has 0 atom stereocenters. The van der Waals surface area contributed by atoms with Crippen LogP contribution < -0.4 is 5.32 Å². The zero-order valence-corrected chi connectivity index (χ0v) is 15.2. The van der Waals surface area contributed by atoms with Gasteiger partial charge in [0.1, 0.15) is 0 Å². The van der Waals surface area contributed by atoms with Crippen molar-refractivity contribution in [1.29, 1.82) is 0 Å². The molecule has 0 heterocycles. The van der Waals surface area contributed by atoms with Crippen LogP contribution in [-0.2, 0) is 11.0 Å². The van der Waals surface area contributed by atoms with Gasteiger partial charge in [0.2, 0.25) is 0 Å². The summed E-state index contributed by atoms with van der Waals surface area (Å²) in [5, 5.41) is 3.81. The van der Waals surface area contributed by atoms with Gasteiger partial charge < -0.3 is 5.32 Å². The summed E-state index contributed by atoms with van der Waals surface area (Å²) in [4.78, 5) is 0. The van der Waals surface area contributed by atoms with Crippen LogP contribution in [0.5, 0.6) is 0 Å². The number of hydrogen-bond acceptors (Lipinski definition) is 1. The molecule has 0 aliphatic heterocycles. The molecule has 1 nitrogen and oxygen atoms in total. The predicted octanol–water partition coefficient (Wildman–Crippen LogP) is 5.39. The monoisotopic (exact) mass is 287 g/mol. The summed E-state index contributed by atoms with van der Waals surface area (Å²) in [6, 6.07) is 9.36. The molecule has 1 saturated carbocycles. The van der Waals surface area contributed by atoms with Crippen molar-refractivity contribution in [3.8, 4) is 0 Å². The molecule has 0 saturated heterocycles. The molecule has 1 aromatic carbocycles. The highest BCUT2D eigenvalue weighted by Crippen LogP contribution is 2.48. The van der Waals surface area contributed by atoms with Crippen LogP contribution in [0.4, 0.5) is 0 Å². The molecule has 0 unspecified atom stereocenters. The summed E-state index contributed by atoms with van der Waals surface area (Å²) < 4.78 is 0. The normalized spacial score (nSPS) is 18.7. The average Bonchev–Trinajstić information content (AvgIpc) is 3.06. The van der Waals surface area contributed by atoms with Crippen LogP contribution in [0.25, 0.3) is 0 Å². The van der Waals surface area contributed by atoms with Gasteiger partial charge in [-0.1, -0.05) is 58.9 Å². The van der Waals surface area contributed by atoms with E-state index in [0.29, 0.717) is 0 Å². The van der Waals surface area contributed by atoms with Crippen LogP contribution in [0.1, 0.15) is 79.4 Å². The van der Waals surface area contributed by atoms with E-state index in [4.69, 9.17) is 0 Å². The topological polar surface area (TPSA) is 12.0 Å². The van der Waals surface area contributed by atoms with Crippen molar-refractivity contribution in [3.05, 3.63) is 35.4 Å². The first-order chi connectivity index (χ1) is 9.37. The van der Waals surface area contributed by atoms with Crippen molar-refractivity contribution in [3.63, 3.8) is 0 Å². The SMILES string of the molecule is CC(C)(C)NC1(c2ccc(C(C)(C)C(C)(C)C)cc2)CC1. The minimum atomic E-state index is 0.167. The summed E-state index contributed by atoms with van der Waals surface area (Å²) in [5.74, 6) is 0. The van der Waals surface area contributed by atoms with Gasteiger partial charge >= 0.3 is 0 Å². The second kappa shape index (κ2) is 4.84. The molecule has 0 aromatic heterocycles. The lowest BCUT2D eigenvalue weighted by Crippen LogP contribution is -2.43. The Kier molecular flexibility index (Phi) is 3.82. The zero-order valence-electron chi connectivity index (χ0n) is 15.2. The van der Waals surface area contributed by atoms with E-state index in [1.165, 1.54) is 24.0 Å². The molecule has 21 heavy (non-hydrogen) atoms. The number of nitrogens with one attached hydrogen (secondary N) is 1. The lowest BCUT2D eigenvalue weighted by atomic mass is 9.65. The number of rotatable bonds is 3. The molecule has 1 aromatic rings. The maximum atomic E-state index is 3.81. The van der Waals surface area contributed by atoms with Crippen LogP contribution in [0.3, 0.4) is 0 Å². The van der Waals surface area contributed by atoms with Crippen molar-refractivity contribution in [2.24, 2.45) is 5.41 Å². The summed E-state index contributed by atoms with van der Waals surface area (Å²) in [7, 11) is 0. The molecule has 0 amide bonds. The molecule has 0 spiro atoms. The number of hydrogen-bond donors (Lipinski definition) is 1. The van der Waals surface area contributed by atoms with E-state index in [2.05, 4.69) is 85.0 Å². The van der Waals surface area contributed by atoms with Gasteiger partial charge in [-0.25, -0.2) is 0 Å². The smallest absolute Gasteiger partial charge is 0.0440 e. The molecular formula is C20H33N. The Hall–Kier alpha value is -0.820.